The Kier molecular flexibility index (Phi) is 6.59. The number of ketones is 1. The van der Waals surface area contributed by atoms with Crippen molar-refractivity contribution in [1.82, 2.24) is 9.29 Å². The van der Waals surface area contributed by atoms with Crippen molar-refractivity contribution in [1.29, 1.82) is 0 Å². The van der Waals surface area contributed by atoms with Gasteiger partial charge in [-0.1, -0.05) is 0 Å². The number of sulfonamides is 1. The summed E-state index contributed by atoms with van der Waals surface area (Å²) in [5.74, 6) is 0.139. The lowest BCUT2D eigenvalue weighted by atomic mass is 10.0. The van der Waals surface area contributed by atoms with Crippen LogP contribution < -0.4 is 4.74 Å². The summed E-state index contributed by atoms with van der Waals surface area (Å²) in [5, 5.41) is 0.0852. The highest BCUT2D eigenvalue weighted by Crippen LogP contribution is 2.31. The summed E-state index contributed by atoms with van der Waals surface area (Å²) < 4.78 is 52.0. The highest BCUT2D eigenvalue weighted by Gasteiger charge is 2.40. The largest absolute Gasteiger partial charge is 0.497 e. The normalized spacial score (nSPS) is 16.4. The number of fused-ring (bicyclic) bond motifs is 1. The minimum Gasteiger partial charge on any atom is -0.497 e. The zero-order valence-corrected chi connectivity index (χ0v) is 20.5. The van der Waals surface area contributed by atoms with E-state index in [1.54, 1.807) is 13.3 Å². The number of Topliss-reactive ketones (excluding diaryl/α,β-unsaturated/α-hetero) is 1. The molecule has 4 aromatic rings. The van der Waals surface area contributed by atoms with Crippen molar-refractivity contribution in [3.05, 3.63) is 78.2 Å². The highest BCUT2D eigenvalue weighted by molar-refractivity contribution is 7.89. The molecule has 3 heterocycles. The Balaban J connectivity index is 1.29. The summed E-state index contributed by atoms with van der Waals surface area (Å²) in [6.07, 6.45) is 3.42. The molecule has 36 heavy (non-hydrogen) atoms. The maximum Gasteiger partial charge on any atom is 0.277 e. The van der Waals surface area contributed by atoms with Crippen molar-refractivity contribution < 1.29 is 26.8 Å². The summed E-state index contributed by atoms with van der Waals surface area (Å²) in [7, 11) is -2.43. The lowest BCUT2D eigenvalue weighted by molar-refractivity contribution is -0.122. The van der Waals surface area contributed by atoms with Crippen molar-refractivity contribution in [3.63, 3.8) is 0 Å². The fourth-order valence-corrected chi connectivity index (χ4v) is 6.20. The molecule has 0 bridgehead atoms. The first-order valence-corrected chi connectivity index (χ1v) is 13.1. The summed E-state index contributed by atoms with van der Waals surface area (Å²) in [5.41, 5.74) is 2.94. The van der Waals surface area contributed by atoms with Crippen LogP contribution in [0.15, 0.2) is 76.4 Å². The number of carbonyl (C=O) groups excluding carboxylic acids is 1. The van der Waals surface area contributed by atoms with Crippen LogP contribution in [0.5, 0.6) is 5.75 Å². The third-order valence-corrected chi connectivity index (χ3v) is 8.23. The molecule has 0 saturated carbocycles. The molecule has 0 amide bonds. The van der Waals surface area contributed by atoms with Crippen molar-refractivity contribution in [3.8, 4) is 17.0 Å². The number of halogens is 1. The van der Waals surface area contributed by atoms with Gasteiger partial charge in [0.2, 0.25) is 5.09 Å². The van der Waals surface area contributed by atoms with E-state index in [0.29, 0.717) is 24.6 Å². The van der Waals surface area contributed by atoms with E-state index >= 15 is 0 Å². The average Bonchev–Trinajstić information content (AvgIpc) is 3.56. The maximum atomic E-state index is 13.5. The molecule has 0 aliphatic carbocycles. The van der Waals surface area contributed by atoms with E-state index < -0.39 is 21.9 Å². The van der Waals surface area contributed by atoms with Crippen LogP contribution in [-0.4, -0.2) is 43.2 Å². The first kappa shape index (κ1) is 24.1. The van der Waals surface area contributed by atoms with Crippen molar-refractivity contribution in [2.75, 3.05) is 13.7 Å². The van der Waals surface area contributed by atoms with E-state index in [9.17, 15) is 17.6 Å². The van der Waals surface area contributed by atoms with Gasteiger partial charge >= 0.3 is 0 Å². The molecule has 2 aromatic heterocycles. The van der Waals surface area contributed by atoms with Gasteiger partial charge in [-0.05, 0) is 79.4 Å². The molecular formula is C27H25FN2O5S. The average molecular weight is 509 g/mol. The number of hydrogen-bond acceptors (Lipinski definition) is 6. The van der Waals surface area contributed by atoms with E-state index in [-0.39, 0.29) is 29.4 Å². The van der Waals surface area contributed by atoms with Gasteiger partial charge in [0.05, 0.1) is 18.8 Å². The lowest BCUT2D eigenvalue weighted by Gasteiger charge is -2.21. The molecule has 1 atom stereocenters. The molecule has 0 radical (unpaired) electrons. The Morgan fingerprint density at radius 3 is 2.72 bits per heavy atom. The molecule has 5 rings (SSSR count). The minimum atomic E-state index is -4.04. The Morgan fingerprint density at radius 1 is 1.14 bits per heavy atom. The van der Waals surface area contributed by atoms with Crippen LogP contribution in [0.25, 0.3) is 22.2 Å². The van der Waals surface area contributed by atoms with Gasteiger partial charge in [-0.15, -0.1) is 0 Å². The Labute approximate surface area is 208 Å². The Bertz CT molecular complexity index is 1510. The van der Waals surface area contributed by atoms with Gasteiger partial charge in [0.15, 0.2) is 5.78 Å². The summed E-state index contributed by atoms with van der Waals surface area (Å²) in [6, 6.07) is 15.8. The quantitative estimate of drug-likeness (QED) is 0.333. The number of rotatable bonds is 8. The van der Waals surface area contributed by atoms with Gasteiger partial charge in [0.1, 0.15) is 17.1 Å². The molecule has 2 aromatic carbocycles. The molecule has 9 heteroatoms. The molecule has 1 aliphatic rings. The van der Waals surface area contributed by atoms with Crippen molar-refractivity contribution in [2.45, 2.75) is 36.8 Å². The second-order valence-corrected chi connectivity index (χ2v) is 10.6. The number of nitrogens with zero attached hydrogens (tertiary/aromatic N) is 2. The lowest BCUT2D eigenvalue weighted by Crippen LogP contribution is -2.40. The minimum absolute atomic E-state index is 0.138. The van der Waals surface area contributed by atoms with Crippen LogP contribution in [0.4, 0.5) is 4.39 Å². The number of hydrogen-bond donors (Lipinski definition) is 0. The Hall–Kier alpha value is -3.56. The summed E-state index contributed by atoms with van der Waals surface area (Å²) >= 11 is 0. The van der Waals surface area contributed by atoms with Crippen LogP contribution in [0, 0.1) is 5.82 Å². The van der Waals surface area contributed by atoms with Crippen molar-refractivity contribution >= 4 is 26.8 Å². The molecule has 0 unspecified atom stereocenters. The number of carbonyl (C=O) groups is 1. The molecule has 1 fully saturated rings. The van der Waals surface area contributed by atoms with E-state index in [4.69, 9.17) is 9.15 Å². The fourth-order valence-electron chi connectivity index (χ4n) is 4.57. The molecule has 0 N–H and O–H groups in total. The smallest absolute Gasteiger partial charge is 0.277 e. The monoisotopic (exact) mass is 508 g/mol. The van der Waals surface area contributed by atoms with Crippen LogP contribution in [0.1, 0.15) is 24.8 Å². The maximum absolute atomic E-state index is 13.5. The van der Waals surface area contributed by atoms with Gasteiger partial charge in [-0.3, -0.25) is 9.78 Å². The van der Waals surface area contributed by atoms with E-state index in [1.165, 1.54) is 28.6 Å². The highest BCUT2D eigenvalue weighted by atomic mass is 32.2. The summed E-state index contributed by atoms with van der Waals surface area (Å²) in [6.45, 7) is 0.237. The number of pyridine rings is 1. The SMILES string of the molecule is COc1ccc(-c2cc(CCC(=O)[C@@H]3CCCN3S(=O)(=O)c3cc4cc(F)ccc4o3)ccn2)cc1. The number of ether oxygens (including phenoxy) is 1. The van der Waals surface area contributed by atoms with Crippen LogP contribution in [0.2, 0.25) is 0 Å². The number of aryl methyl sites for hydroxylation is 1. The fraction of sp³-hybridized carbons (Fsp3) is 0.259. The first-order chi connectivity index (χ1) is 17.3. The van der Waals surface area contributed by atoms with Gasteiger partial charge in [0.25, 0.3) is 10.0 Å². The van der Waals surface area contributed by atoms with Gasteiger partial charge in [-0.25, -0.2) is 12.8 Å². The third-order valence-electron chi connectivity index (χ3n) is 6.46. The molecule has 7 nitrogen and oxygen atoms in total. The molecule has 186 valence electrons. The van der Waals surface area contributed by atoms with Gasteiger partial charge in [-0.2, -0.15) is 4.31 Å². The van der Waals surface area contributed by atoms with Crippen LogP contribution in [-0.2, 0) is 21.2 Å². The second-order valence-electron chi connectivity index (χ2n) is 8.77. The number of aromatic nitrogens is 1. The molecule has 0 spiro atoms. The van der Waals surface area contributed by atoms with E-state index in [0.717, 1.165) is 22.6 Å². The van der Waals surface area contributed by atoms with Crippen LogP contribution >= 0.6 is 0 Å². The number of methoxy groups -OCH3 is 1. The topological polar surface area (TPSA) is 89.7 Å². The number of furan rings is 1. The number of benzene rings is 2. The zero-order chi connectivity index (χ0) is 25.3. The van der Waals surface area contributed by atoms with E-state index in [2.05, 4.69) is 4.98 Å². The van der Waals surface area contributed by atoms with Gasteiger partial charge < -0.3 is 9.15 Å². The summed E-state index contributed by atoms with van der Waals surface area (Å²) in [4.78, 5) is 17.6. The standard InChI is InChI=1S/C27H25FN2O5S/c1-34-22-8-5-19(6-9-22)23-15-18(12-13-29-23)4-10-25(31)24-3-2-14-30(24)36(32,33)27-17-20-16-21(28)7-11-26(20)35-27/h5-9,11-13,15-17,24H,2-4,10,14H2,1H3/t24-/m0/s1. The third kappa shape index (κ3) is 4.76. The second kappa shape index (κ2) is 9.83. The van der Waals surface area contributed by atoms with E-state index in [1.807, 2.05) is 36.4 Å². The first-order valence-electron chi connectivity index (χ1n) is 11.7. The van der Waals surface area contributed by atoms with Crippen molar-refractivity contribution in [2.24, 2.45) is 0 Å². The molecular weight excluding hydrogens is 483 g/mol. The zero-order valence-electron chi connectivity index (χ0n) is 19.7. The predicted molar refractivity (Wildman–Crippen MR) is 133 cm³/mol. The van der Waals surface area contributed by atoms with Gasteiger partial charge in [0, 0.05) is 36.2 Å². The Morgan fingerprint density at radius 2 is 1.94 bits per heavy atom. The molecule has 1 saturated heterocycles. The molecule has 1 aliphatic heterocycles. The van der Waals surface area contributed by atoms with Crippen LogP contribution in [0.3, 0.4) is 0 Å². The predicted octanol–water partition coefficient (Wildman–Crippen LogP) is 5.00.